The molecular weight excluding hydrogens is 270 g/mol. The fourth-order valence-electron chi connectivity index (χ4n) is 1.81. The molecule has 0 aromatic carbocycles. The lowest BCUT2D eigenvalue weighted by atomic mass is 10.3. The first-order valence-corrected chi connectivity index (χ1v) is 7.80. The molecule has 0 bridgehead atoms. The Bertz CT molecular complexity index is 552. The zero-order valence-electron chi connectivity index (χ0n) is 12.2. The van der Waals surface area contributed by atoms with Gasteiger partial charge in [-0.3, -0.25) is 0 Å². The van der Waals surface area contributed by atoms with Crippen LogP contribution in [-0.4, -0.2) is 22.0 Å². The fraction of sp³-hybridized carbons (Fsp3) is 0.500. The van der Waals surface area contributed by atoms with Crippen molar-refractivity contribution in [3.63, 3.8) is 0 Å². The summed E-state index contributed by atoms with van der Waals surface area (Å²) in [5.74, 6) is 2.57. The maximum absolute atomic E-state index is 4.53. The van der Waals surface area contributed by atoms with Gasteiger partial charge in [0.05, 0.1) is 6.54 Å². The highest BCUT2D eigenvalue weighted by molar-refractivity contribution is 7.11. The molecule has 0 radical (unpaired) electrons. The van der Waals surface area contributed by atoms with Crippen molar-refractivity contribution in [1.29, 1.82) is 0 Å². The Morgan fingerprint density at radius 3 is 2.65 bits per heavy atom. The van der Waals surface area contributed by atoms with Crippen molar-refractivity contribution in [1.82, 2.24) is 15.0 Å². The highest BCUT2D eigenvalue weighted by atomic mass is 32.1. The van der Waals surface area contributed by atoms with Crippen LogP contribution >= 0.6 is 11.3 Å². The van der Waals surface area contributed by atoms with Gasteiger partial charge in [0.1, 0.15) is 22.5 Å². The molecule has 0 atom stereocenters. The number of nitrogens with zero attached hydrogens (tertiary/aromatic N) is 3. The second kappa shape index (κ2) is 7.19. The van der Waals surface area contributed by atoms with E-state index in [9.17, 15) is 0 Å². The Hall–Kier alpha value is -1.69. The third kappa shape index (κ3) is 3.90. The fourth-order valence-corrected chi connectivity index (χ4v) is 2.61. The van der Waals surface area contributed by atoms with Gasteiger partial charge in [-0.15, -0.1) is 11.3 Å². The Balaban J connectivity index is 2.05. The highest BCUT2D eigenvalue weighted by Gasteiger charge is 2.05. The molecule has 0 unspecified atom stereocenters. The van der Waals surface area contributed by atoms with Crippen LogP contribution in [0.4, 0.5) is 11.6 Å². The van der Waals surface area contributed by atoms with Crippen LogP contribution in [0.25, 0.3) is 0 Å². The van der Waals surface area contributed by atoms with Crippen LogP contribution in [0.3, 0.4) is 0 Å². The van der Waals surface area contributed by atoms with Crippen molar-refractivity contribution in [3.8, 4) is 0 Å². The predicted molar refractivity (Wildman–Crippen MR) is 84.4 cm³/mol. The van der Waals surface area contributed by atoms with Crippen LogP contribution in [0, 0.1) is 0 Å². The van der Waals surface area contributed by atoms with Gasteiger partial charge in [0.25, 0.3) is 0 Å². The standard InChI is InChI=1S/C14H21N5S/c1-4-6-11-18-12(15-3)7-13(19-11)16-9-14-17-8-10(5-2)20-14/h7-8H,4-6,9H2,1-3H3,(H2,15,16,18,19). The molecule has 0 amide bonds. The van der Waals surface area contributed by atoms with E-state index in [1.165, 1.54) is 4.88 Å². The molecule has 5 nitrogen and oxygen atoms in total. The topological polar surface area (TPSA) is 62.7 Å². The average molecular weight is 291 g/mol. The largest absolute Gasteiger partial charge is 0.373 e. The molecule has 2 aromatic rings. The number of aromatic nitrogens is 3. The first-order chi connectivity index (χ1) is 9.75. The van der Waals surface area contributed by atoms with E-state index in [4.69, 9.17) is 0 Å². The van der Waals surface area contributed by atoms with Crippen LogP contribution in [0.5, 0.6) is 0 Å². The van der Waals surface area contributed by atoms with Gasteiger partial charge in [-0.1, -0.05) is 13.8 Å². The predicted octanol–water partition coefficient (Wildman–Crippen LogP) is 3.10. The number of nitrogens with one attached hydrogen (secondary N) is 2. The first kappa shape index (κ1) is 14.7. The second-order valence-corrected chi connectivity index (χ2v) is 5.68. The van der Waals surface area contributed by atoms with Gasteiger partial charge in [-0.2, -0.15) is 0 Å². The lowest BCUT2D eigenvalue weighted by Crippen LogP contribution is -2.06. The number of rotatable bonds is 7. The van der Waals surface area contributed by atoms with Crippen LogP contribution in [0.2, 0.25) is 0 Å². The lowest BCUT2D eigenvalue weighted by molar-refractivity contribution is 0.835. The molecule has 0 fully saturated rings. The quantitative estimate of drug-likeness (QED) is 0.820. The van der Waals surface area contributed by atoms with Gasteiger partial charge in [-0.05, 0) is 12.8 Å². The zero-order valence-corrected chi connectivity index (χ0v) is 13.0. The van der Waals surface area contributed by atoms with Crippen LogP contribution in [-0.2, 0) is 19.4 Å². The third-order valence-electron chi connectivity index (χ3n) is 2.87. The third-order valence-corrected chi connectivity index (χ3v) is 4.01. The van der Waals surface area contributed by atoms with Gasteiger partial charge in [0.15, 0.2) is 0 Å². The molecule has 0 spiro atoms. The second-order valence-electron chi connectivity index (χ2n) is 4.48. The van der Waals surface area contributed by atoms with Crippen LogP contribution in [0.1, 0.15) is 36.0 Å². The molecule has 20 heavy (non-hydrogen) atoms. The monoisotopic (exact) mass is 291 g/mol. The van der Waals surface area contributed by atoms with Gasteiger partial charge in [0, 0.05) is 30.6 Å². The summed E-state index contributed by atoms with van der Waals surface area (Å²) in [5.41, 5.74) is 0. The minimum atomic E-state index is 0.705. The first-order valence-electron chi connectivity index (χ1n) is 6.98. The molecule has 0 saturated heterocycles. The minimum absolute atomic E-state index is 0.705. The minimum Gasteiger partial charge on any atom is -0.373 e. The summed E-state index contributed by atoms with van der Waals surface area (Å²) in [4.78, 5) is 14.7. The van der Waals surface area contributed by atoms with E-state index in [1.807, 2.05) is 19.3 Å². The maximum Gasteiger partial charge on any atom is 0.133 e. The van der Waals surface area contributed by atoms with Crippen molar-refractivity contribution in [2.45, 2.75) is 39.7 Å². The number of hydrogen-bond acceptors (Lipinski definition) is 6. The highest BCUT2D eigenvalue weighted by Crippen LogP contribution is 2.16. The maximum atomic E-state index is 4.53. The number of hydrogen-bond donors (Lipinski definition) is 2. The summed E-state index contributed by atoms with van der Waals surface area (Å²) < 4.78 is 0. The van der Waals surface area contributed by atoms with Crippen molar-refractivity contribution in [3.05, 3.63) is 28.0 Å². The Morgan fingerprint density at radius 2 is 2.00 bits per heavy atom. The van der Waals surface area contributed by atoms with E-state index in [2.05, 4.69) is 39.4 Å². The van der Waals surface area contributed by atoms with Gasteiger partial charge >= 0.3 is 0 Å². The van der Waals surface area contributed by atoms with E-state index in [-0.39, 0.29) is 0 Å². The van der Waals surface area contributed by atoms with Crippen molar-refractivity contribution in [2.24, 2.45) is 0 Å². The molecule has 108 valence electrons. The molecule has 0 aliphatic carbocycles. The molecule has 2 rings (SSSR count). The number of anilines is 2. The molecule has 2 N–H and O–H groups in total. The SMILES string of the molecule is CCCc1nc(NC)cc(NCc2ncc(CC)s2)n1. The molecule has 2 aromatic heterocycles. The van der Waals surface area contributed by atoms with Gasteiger partial charge in [0.2, 0.25) is 0 Å². The summed E-state index contributed by atoms with van der Waals surface area (Å²) in [6.45, 7) is 4.98. The Labute approximate surface area is 123 Å². The van der Waals surface area contributed by atoms with E-state index in [0.717, 1.165) is 41.7 Å². The van der Waals surface area contributed by atoms with E-state index < -0.39 is 0 Å². The average Bonchev–Trinajstić information content (AvgIpc) is 2.93. The molecule has 0 aliphatic heterocycles. The summed E-state index contributed by atoms with van der Waals surface area (Å²) in [6, 6.07) is 1.92. The molecule has 6 heteroatoms. The molecular formula is C14H21N5S. The smallest absolute Gasteiger partial charge is 0.133 e. The van der Waals surface area contributed by atoms with E-state index >= 15 is 0 Å². The van der Waals surface area contributed by atoms with Crippen LogP contribution < -0.4 is 10.6 Å². The summed E-state index contributed by atoms with van der Waals surface area (Å²) in [5, 5.41) is 7.49. The van der Waals surface area contributed by atoms with Crippen molar-refractivity contribution >= 4 is 23.0 Å². The van der Waals surface area contributed by atoms with Crippen LogP contribution in [0.15, 0.2) is 12.3 Å². The van der Waals surface area contributed by atoms with Gasteiger partial charge in [-0.25, -0.2) is 15.0 Å². The Morgan fingerprint density at radius 1 is 1.20 bits per heavy atom. The van der Waals surface area contributed by atoms with Crippen molar-refractivity contribution in [2.75, 3.05) is 17.7 Å². The Kier molecular flexibility index (Phi) is 5.29. The molecule has 2 heterocycles. The summed E-state index contributed by atoms with van der Waals surface area (Å²) in [6.07, 6.45) is 4.92. The van der Waals surface area contributed by atoms with E-state index in [1.54, 1.807) is 11.3 Å². The van der Waals surface area contributed by atoms with Crippen molar-refractivity contribution < 1.29 is 0 Å². The van der Waals surface area contributed by atoms with E-state index in [0.29, 0.717) is 6.54 Å². The van der Waals surface area contributed by atoms with Gasteiger partial charge < -0.3 is 10.6 Å². The summed E-state index contributed by atoms with van der Waals surface area (Å²) >= 11 is 1.74. The lowest BCUT2D eigenvalue weighted by Gasteiger charge is -2.08. The summed E-state index contributed by atoms with van der Waals surface area (Å²) in [7, 11) is 1.87. The normalized spacial score (nSPS) is 10.6. The number of aryl methyl sites for hydroxylation is 2. The molecule has 0 aliphatic rings. The zero-order chi connectivity index (χ0) is 14.4. The number of thiazole rings is 1. The molecule has 0 saturated carbocycles.